The van der Waals surface area contributed by atoms with Crippen molar-refractivity contribution in [1.29, 1.82) is 0 Å². The number of hydrogen-bond acceptors (Lipinski definition) is 6. The van der Waals surface area contributed by atoms with Gasteiger partial charge in [0.1, 0.15) is 11.3 Å². The van der Waals surface area contributed by atoms with E-state index < -0.39 is 0 Å². The van der Waals surface area contributed by atoms with Crippen LogP contribution < -0.4 is 0 Å². The fourth-order valence-corrected chi connectivity index (χ4v) is 2.04. The third kappa shape index (κ3) is 1.50. The average Bonchev–Trinajstić information content (AvgIpc) is 2.93. The standard InChI is InChI=1S/C13H8N6O/c20-10-5-1-4-9-11(10)16-17-13-15-12(18-19(9)13)8-3-2-6-14-7-8/h1-7,20H. The summed E-state index contributed by atoms with van der Waals surface area (Å²) in [6, 6.07) is 8.77. The molecule has 96 valence electrons. The molecule has 0 aliphatic carbocycles. The van der Waals surface area contributed by atoms with Gasteiger partial charge in [-0.1, -0.05) is 6.07 Å². The van der Waals surface area contributed by atoms with Crippen LogP contribution in [-0.2, 0) is 0 Å². The van der Waals surface area contributed by atoms with Crippen LogP contribution in [0.4, 0.5) is 0 Å². The van der Waals surface area contributed by atoms with Gasteiger partial charge in [-0.3, -0.25) is 4.98 Å². The van der Waals surface area contributed by atoms with E-state index in [0.717, 1.165) is 5.56 Å². The van der Waals surface area contributed by atoms with Crippen molar-refractivity contribution in [2.24, 2.45) is 0 Å². The molecule has 0 saturated carbocycles. The lowest BCUT2D eigenvalue weighted by Gasteiger charge is -1.99. The van der Waals surface area contributed by atoms with Crippen LogP contribution in [0, 0.1) is 0 Å². The van der Waals surface area contributed by atoms with Crippen LogP contribution in [0.15, 0.2) is 42.7 Å². The second-order valence-corrected chi connectivity index (χ2v) is 4.23. The van der Waals surface area contributed by atoms with E-state index in [1.807, 2.05) is 12.1 Å². The lowest BCUT2D eigenvalue weighted by Crippen LogP contribution is -1.96. The van der Waals surface area contributed by atoms with Gasteiger partial charge in [0.05, 0.1) is 0 Å². The van der Waals surface area contributed by atoms with Crippen LogP contribution >= 0.6 is 0 Å². The highest BCUT2D eigenvalue weighted by atomic mass is 16.3. The topological polar surface area (TPSA) is 89.1 Å². The van der Waals surface area contributed by atoms with Gasteiger partial charge >= 0.3 is 0 Å². The van der Waals surface area contributed by atoms with Crippen LogP contribution in [0.1, 0.15) is 0 Å². The Kier molecular flexibility index (Phi) is 2.13. The highest BCUT2D eigenvalue weighted by Crippen LogP contribution is 2.22. The van der Waals surface area contributed by atoms with Crippen LogP contribution in [0.3, 0.4) is 0 Å². The zero-order valence-electron chi connectivity index (χ0n) is 10.2. The van der Waals surface area contributed by atoms with Crippen molar-refractivity contribution in [3.05, 3.63) is 42.7 Å². The predicted molar refractivity (Wildman–Crippen MR) is 71.0 cm³/mol. The maximum Gasteiger partial charge on any atom is 0.272 e. The van der Waals surface area contributed by atoms with E-state index in [4.69, 9.17) is 0 Å². The number of rotatable bonds is 1. The Labute approximate surface area is 112 Å². The summed E-state index contributed by atoms with van der Waals surface area (Å²) in [5.74, 6) is 0.959. The first-order valence-corrected chi connectivity index (χ1v) is 5.94. The van der Waals surface area contributed by atoms with Crippen molar-refractivity contribution in [1.82, 2.24) is 29.8 Å². The summed E-state index contributed by atoms with van der Waals surface area (Å²) in [5, 5.41) is 22.1. The van der Waals surface area contributed by atoms with Gasteiger partial charge < -0.3 is 5.11 Å². The largest absolute Gasteiger partial charge is 0.506 e. The molecule has 1 N–H and O–H groups in total. The van der Waals surface area contributed by atoms with Crippen molar-refractivity contribution in [2.75, 3.05) is 0 Å². The molecule has 0 spiro atoms. The van der Waals surface area contributed by atoms with Crippen molar-refractivity contribution in [2.45, 2.75) is 0 Å². The second kappa shape index (κ2) is 3.95. The highest BCUT2D eigenvalue weighted by Gasteiger charge is 2.12. The molecule has 0 amide bonds. The zero-order chi connectivity index (χ0) is 13.5. The van der Waals surface area contributed by atoms with E-state index in [9.17, 15) is 5.11 Å². The number of fused-ring (bicyclic) bond motifs is 3. The minimum absolute atomic E-state index is 0.0651. The molecule has 3 aromatic heterocycles. The third-order valence-corrected chi connectivity index (χ3v) is 2.97. The number of benzene rings is 1. The summed E-state index contributed by atoms with van der Waals surface area (Å²) in [6.45, 7) is 0. The molecule has 4 aromatic rings. The van der Waals surface area contributed by atoms with Crippen LogP contribution in [0.5, 0.6) is 5.75 Å². The van der Waals surface area contributed by atoms with E-state index in [1.54, 1.807) is 35.1 Å². The monoisotopic (exact) mass is 264 g/mol. The van der Waals surface area contributed by atoms with Crippen molar-refractivity contribution >= 4 is 16.8 Å². The van der Waals surface area contributed by atoms with Crippen molar-refractivity contribution in [3.63, 3.8) is 0 Å². The molecular weight excluding hydrogens is 256 g/mol. The Morgan fingerprint density at radius 2 is 2.00 bits per heavy atom. The zero-order valence-corrected chi connectivity index (χ0v) is 10.2. The predicted octanol–water partition coefficient (Wildman–Crippen LogP) is 1.44. The number of nitrogens with zero attached hydrogens (tertiary/aromatic N) is 6. The molecule has 0 atom stereocenters. The fraction of sp³-hybridized carbons (Fsp3) is 0. The number of phenolic OH excluding ortho intramolecular Hbond substituents is 1. The quantitative estimate of drug-likeness (QED) is 0.559. The summed E-state index contributed by atoms with van der Waals surface area (Å²) < 4.78 is 1.56. The van der Waals surface area contributed by atoms with Gasteiger partial charge in [0.2, 0.25) is 0 Å². The summed E-state index contributed by atoms with van der Waals surface area (Å²) >= 11 is 0. The smallest absolute Gasteiger partial charge is 0.272 e. The minimum Gasteiger partial charge on any atom is -0.506 e. The lowest BCUT2D eigenvalue weighted by atomic mass is 10.3. The highest BCUT2D eigenvalue weighted by molar-refractivity contribution is 5.81. The number of aromatic nitrogens is 6. The Morgan fingerprint density at radius 1 is 1.05 bits per heavy atom. The first kappa shape index (κ1) is 10.8. The van der Waals surface area contributed by atoms with Gasteiger partial charge in [-0.25, -0.2) is 0 Å². The van der Waals surface area contributed by atoms with Crippen LogP contribution in [0.25, 0.3) is 28.2 Å². The summed E-state index contributed by atoms with van der Waals surface area (Å²) in [6.07, 6.45) is 3.37. The second-order valence-electron chi connectivity index (χ2n) is 4.23. The van der Waals surface area contributed by atoms with Gasteiger partial charge in [0.25, 0.3) is 5.78 Å². The molecular formula is C13H8N6O. The Bertz CT molecular complexity index is 918. The first-order valence-electron chi connectivity index (χ1n) is 5.94. The molecule has 4 rings (SSSR count). The molecule has 0 bridgehead atoms. The molecule has 7 heteroatoms. The molecule has 0 fully saturated rings. The van der Waals surface area contributed by atoms with Gasteiger partial charge in [-0.05, 0) is 24.3 Å². The normalized spacial score (nSPS) is 11.2. The van der Waals surface area contributed by atoms with Crippen molar-refractivity contribution < 1.29 is 5.11 Å². The fourth-order valence-electron chi connectivity index (χ4n) is 2.04. The van der Waals surface area contributed by atoms with E-state index in [1.165, 1.54) is 0 Å². The Morgan fingerprint density at radius 3 is 2.85 bits per heavy atom. The van der Waals surface area contributed by atoms with Gasteiger partial charge in [-0.2, -0.15) is 9.50 Å². The van der Waals surface area contributed by atoms with Crippen LogP contribution in [-0.4, -0.2) is 34.9 Å². The molecule has 7 nitrogen and oxygen atoms in total. The van der Waals surface area contributed by atoms with Crippen LogP contribution in [0.2, 0.25) is 0 Å². The summed E-state index contributed by atoms with van der Waals surface area (Å²) in [7, 11) is 0. The van der Waals surface area contributed by atoms with Gasteiger partial charge in [0.15, 0.2) is 11.3 Å². The van der Waals surface area contributed by atoms with Crippen molar-refractivity contribution in [3.8, 4) is 17.1 Å². The number of hydrogen-bond donors (Lipinski definition) is 1. The number of aromatic hydroxyl groups is 1. The number of pyridine rings is 1. The first-order chi connectivity index (χ1) is 9.83. The van der Waals surface area contributed by atoms with Gasteiger partial charge in [-0.15, -0.1) is 15.3 Å². The minimum atomic E-state index is 0.0651. The molecule has 0 aliphatic rings. The average molecular weight is 264 g/mol. The van der Waals surface area contributed by atoms with Gasteiger partial charge in [0, 0.05) is 18.0 Å². The molecule has 0 radical (unpaired) electrons. The SMILES string of the molecule is Oc1cccc2c1nnc1nc(-c3cccnc3)nn12. The van der Waals surface area contributed by atoms with E-state index >= 15 is 0 Å². The molecule has 0 aliphatic heterocycles. The summed E-state index contributed by atoms with van der Waals surface area (Å²) in [4.78, 5) is 8.36. The molecule has 0 unspecified atom stereocenters. The molecule has 3 heterocycles. The Balaban J connectivity index is 2.05. The van der Waals surface area contributed by atoms with E-state index in [0.29, 0.717) is 22.6 Å². The maximum absolute atomic E-state index is 9.78. The Hall–Kier alpha value is -3.09. The molecule has 20 heavy (non-hydrogen) atoms. The third-order valence-electron chi connectivity index (χ3n) is 2.97. The lowest BCUT2D eigenvalue weighted by molar-refractivity contribution is 0.479. The maximum atomic E-state index is 9.78. The number of phenols is 1. The summed E-state index contributed by atoms with van der Waals surface area (Å²) in [5.41, 5.74) is 1.84. The molecule has 1 aromatic carbocycles. The van der Waals surface area contributed by atoms with E-state index in [-0.39, 0.29) is 5.75 Å². The van der Waals surface area contributed by atoms with E-state index in [2.05, 4.69) is 25.3 Å². The molecule has 0 saturated heterocycles.